The zero-order valence-corrected chi connectivity index (χ0v) is 14.9. The fourth-order valence-corrected chi connectivity index (χ4v) is 3.65. The standard InChI is InChI=1S/C18H28N4O2/c1-13-10-14(21(2)3)11-15(20-13)16-12-22(8-9-24-16)17(23)18(19)6-4-5-7-18/h10-11,16H,4-9,12,19H2,1-3H3/t16-/m0/s1. The summed E-state index contributed by atoms with van der Waals surface area (Å²) >= 11 is 0. The van der Waals surface area contributed by atoms with E-state index in [2.05, 4.69) is 9.88 Å². The number of anilines is 1. The molecule has 3 rings (SSSR count). The third kappa shape index (κ3) is 3.39. The van der Waals surface area contributed by atoms with Gasteiger partial charge in [-0.2, -0.15) is 0 Å². The first-order chi connectivity index (χ1) is 11.4. The zero-order valence-electron chi connectivity index (χ0n) is 14.9. The summed E-state index contributed by atoms with van der Waals surface area (Å²) in [4.78, 5) is 21.4. The number of morpholine rings is 1. The van der Waals surface area contributed by atoms with Gasteiger partial charge in [0, 0.05) is 32.0 Å². The van der Waals surface area contributed by atoms with Crippen molar-refractivity contribution in [1.82, 2.24) is 9.88 Å². The Bertz CT molecular complexity index is 611. The highest BCUT2D eigenvalue weighted by atomic mass is 16.5. The summed E-state index contributed by atoms with van der Waals surface area (Å²) in [6, 6.07) is 4.09. The molecule has 1 atom stereocenters. The third-order valence-electron chi connectivity index (χ3n) is 5.08. The SMILES string of the molecule is Cc1cc(N(C)C)cc([C@@H]2CN(C(=O)C3(N)CCCC3)CCO2)n1. The lowest BCUT2D eigenvalue weighted by atomic mass is 9.96. The topological polar surface area (TPSA) is 71.7 Å². The van der Waals surface area contributed by atoms with Crippen molar-refractivity contribution in [2.24, 2.45) is 5.73 Å². The van der Waals surface area contributed by atoms with Crippen LogP contribution in [0, 0.1) is 6.92 Å². The minimum absolute atomic E-state index is 0.0776. The first-order valence-electron chi connectivity index (χ1n) is 8.75. The summed E-state index contributed by atoms with van der Waals surface area (Å²) in [5.74, 6) is 0.0776. The van der Waals surface area contributed by atoms with Crippen LogP contribution in [0.2, 0.25) is 0 Å². The number of nitrogens with two attached hydrogens (primary N) is 1. The highest BCUT2D eigenvalue weighted by Crippen LogP contribution is 2.31. The molecule has 1 amide bonds. The Morgan fingerprint density at radius 1 is 1.38 bits per heavy atom. The molecule has 1 saturated heterocycles. The lowest BCUT2D eigenvalue weighted by Gasteiger charge is -2.37. The molecule has 2 fully saturated rings. The van der Waals surface area contributed by atoms with Crippen LogP contribution < -0.4 is 10.6 Å². The normalized spacial score (nSPS) is 23.3. The van der Waals surface area contributed by atoms with Crippen LogP contribution in [0.1, 0.15) is 43.2 Å². The van der Waals surface area contributed by atoms with Gasteiger partial charge in [0.1, 0.15) is 6.10 Å². The number of hydrogen-bond acceptors (Lipinski definition) is 5. The Labute approximate surface area is 144 Å². The molecule has 0 aromatic carbocycles. The van der Waals surface area contributed by atoms with Gasteiger partial charge >= 0.3 is 0 Å². The van der Waals surface area contributed by atoms with Crippen molar-refractivity contribution in [3.8, 4) is 0 Å². The summed E-state index contributed by atoms with van der Waals surface area (Å²) in [6.07, 6.45) is 3.48. The van der Waals surface area contributed by atoms with Gasteiger partial charge in [-0.25, -0.2) is 0 Å². The molecule has 24 heavy (non-hydrogen) atoms. The van der Waals surface area contributed by atoms with Gasteiger partial charge in [0.15, 0.2) is 0 Å². The van der Waals surface area contributed by atoms with Crippen LogP contribution in [0.4, 0.5) is 5.69 Å². The Morgan fingerprint density at radius 2 is 2.08 bits per heavy atom. The van der Waals surface area contributed by atoms with Crippen LogP contribution in [0.25, 0.3) is 0 Å². The molecule has 132 valence electrons. The molecular weight excluding hydrogens is 304 g/mol. The molecule has 0 bridgehead atoms. The summed E-state index contributed by atoms with van der Waals surface area (Å²) in [5, 5.41) is 0. The average molecular weight is 332 g/mol. The number of ether oxygens (including phenoxy) is 1. The van der Waals surface area contributed by atoms with Crippen LogP contribution in [-0.4, -0.2) is 55.1 Å². The predicted molar refractivity (Wildman–Crippen MR) is 94.0 cm³/mol. The van der Waals surface area contributed by atoms with Gasteiger partial charge in [-0.3, -0.25) is 9.78 Å². The lowest BCUT2D eigenvalue weighted by molar-refractivity contribution is -0.144. The van der Waals surface area contributed by atoms with E-state index in [-0.39, 0.29) is 12.0 Å². The van der Waals surface area contributed by atoms with Crippen LogP contribution in [0.5, 0.6) is 0 Å². The van der Waals surface area contributed by atoms with E-state index in [0.29, 0.717) is 19.7 Å². The van der Waals surface area contributed by atoms with E-state index in [1.807, 2.05) is 38.1 Å². The smallest absolute Gasteiger partial charge is 0.242 e. The van der Waals surface area contributed by atoms with Crippen LogP contribution in [0.15, 0.2) is 12.1 Å². The molecule has 6 nitrogen and oxygen atoms in total. The first kappa shape index (κ1) is 17.2. The van der Waals surface area contributed by atoms with E-state index >= 15 is 0 Å². The second-order valence-corrected chi connectivity index (χ2v) is 7.26. The van der Waals surface area contributed by atoms with Crippen LogP contribution in [-0.2, 0) is 9.53 Å². The Hall–Kier alpha value is -1.66. The van der Waals surface area contributed by atoms with Gasteiger partial charge in [0.2, 0.25) is 5.91 Å². The van der Waals surface area contributed by atoms with Crippen molar-refractivity contribution in [3.63, 3.8) is 0 Å². The van der Waals surface area contributed by atoms with Crippen LogP contribution in [0.3, 0.4) is 0 Å². The number of pyridine rings is 1. The number of aryl methyl sites for hydroxylation is 1. The molecule has 1 aromatic rings. The maximum absolute atomic E-state index is 12.9. The largest absolute Gasteiger partial charge is 0.378 e. The van der Waals surface area contributed by atoms with Gasteiger partial charge in [-0.15, -0.1) is 0 Å². The second kappa shape index (κ2) is 6.69. The summed E-state index contributed by atoms with van der Waals surface area (Å²) in [6.45, 7) is 3.65. The molecule has 1 aliphatic heterocycles. The number of rotatable bonds is 3. The molecule has 0 unspecified atom stereocenters. The van der Waals surface area contributed by atoms with Gasteiger partial charge in [0.05, 0.1) is 24.4 Å². The minimum Gasteiger partial charge on any atom is -0.378 e. The van der Waals surface area contributed by atoms with Crippen molar-refractivity contribution in [2.75, 3.05) is 38.7 Å². The highest BCUT2D eigenvalue weighted by Gasteiger charge is 2.41. The molecule has 1 saturated carbocycles. The quantitative estimate of drug-likeness (QED) is 0.911. The molecule has 0 spiro atoms. The van der Waals surface area contributed by atoms with E-state index in [1.54, 1.807) is 0 Å². The summed E-state index contributed by atoms with van der Waals surface area (Å²) < 4.78 is 5.91. The molecule has 2 heterocycles. The maximum Gasteiger partial charge on any atom is 0.242 e. The van der Waals surface area contributed by atoms with E-state index in [0.717, 1.165) is 42.8 Å². The monoisotopic (exact) mass is 332 g/mol. The van der Waals surface area contributed by atoms with E-state index in [4.69, 9.17) is 10.5 Å². The molecule has 0 radical (unpaired) electrons. The predicted octanol–water partition coefficient (Wildman–Crippen LogP) is 1.63. The Morgan fingerprint density at radius 3 is 2.75 bits per heavy atom. The van der Waals surface area contributed by atoms with Crippen molar-refractivity contribution in [3.05, 3.63) is 23.5 Å². The molecule has 6 heteroatoms. The molecule has 1 aromatic heterocycles. The van der Waals surface area contributed by atoms with E-state index in [9.17, 15) is 4.79 Å². The van der Waals surface area contributed by atoms with Crippen molar-refractivity contribution >= 4 is 11.6 Å². The number of carbonyl (C=O) groups is 1. The number of carbonyl (C=O) groups excluding carboxylic acids is 1. The first-order valence-corrected chi connectivity index (χ1v) is 8.75. The van der Waals surface area contributed by atoms with Crippen molar-refractivity contribution in [2.45, 2.75) is 44.2 Å². The van der Waals surface area contributed by atoms with Gasteiger partial charge in [-0.1, -0.05) is 12.8 Å². The summed E-state index contributed by atoms with van der Waals surface area (Å²) in [7, 11) is 4.02. The van der Waals surface area contributed by atoms with Crippen LogP contribution >= 0.6 is 0 Å². The van der Waals surface area contributed by atoms with E-state index < -0.39 is 5.54 Å². The fraction of sp³-hybridized carbons (Fsp3) is 0.667. The number of amides is 1. The minimum atomic E-state index is -0.670. The zero-order chi connectivity index (χ0) is 17.3. The Balaban J connectivity index is 1.77. The lowest BCUT2D eigenvalue weighted by Crippen LogP contribution is -2.56. The van der Waals surface area contributed by atoms with Crippen molar-refractivity contribution in [1.29, 1.82) is 0 Å². The fourth-order valence-electron chi connectivity index (χ4n) is 3.65. The number of aromatic nitrogens is 1. The molecule has 2 N–H and O–H groups in total. The molecule has 2 aliphatic rings. The molecule has 1 aliphatic carbocycles. The highest BCUT2D eigenvalue weighted by molar-refractivity contribution is 5.86. The Kier molecular flexibility index (Phi) is 4.78. The maximum atomic E-state index is 12.9. The summed E-state index contributed by atoms with van der Waals surface area (Å²) in [5.41, 5.74) is 8.61. The van der Waals surface area contributed by atoms with Crippen molar-refractivity contribution < 1.29 is 9.53 Å². The molecular formula is C18H28N4O2. The van der Waals surface area contributed by atoms with E-state index in [1.165, 1.54) is 0 Å². The second-order valence-electron chi connectivity index (χ2n) is 7.26. The van der Waals surface area contributed by atoms with Gasteiger partial charge in [0.25, 0.3) is 0 Å². The number of nitrogens with zero attached hydrogens (tertiary/aromatic N) is 3. The average Bonchev–Trinajstić information content (AvgIpc) is 3.01. The van der Waals surface area contributed by atoms with Gasteiger partial charge < -0.3 is 20.3 Å². The van der Waals surface area contributed by atoms with Gasteiger partial charge in [-0.05, 0) is 31.9 Å². The third-order valence-corrected chi connectivity index (χ3v) is 5.08. The number of hydrogen-bond donors (Lipinski definition) is 1.